The number of rotatable bonds is 8. The molecule has 1 aromatic carbocycles. The Bertz CT molecular complexity index is 342. The van der Waals surface area contributed by atoms with Gasteiger partial charge in [-0.15, -0.1) is 0 Å². The molecule has 0 saturated carbocycles. The third-order valence-corrected chi connectivity index (χ3v) is 3.60. The lowest BCUT2D eigenvalue weighted by Crippen LogP contribution is -2.32. The van der Waals surface area contributed by atoms with E-state index in [0.717, 1.165) is 32.7 Å². The van der Waals surface area contributed by atoms with E-state index in [-0.39, 0.29) is 0 Å². The summed E-state index contributed by atoms with van der Waals surface area (Å²) in [5.41, 5.74) is 2.64. The molecule has 1 rings (SSSR count). The lowest BCUT2D eigenvalue weighted by molar-refractivity contribution is 0.236. The van der Waals surface area contributed by atoms with Gasteiger partial charge in [0.25, 0.3) is 0 Å². The number of likely N-dealkylation sites (N-methyl/N-ethyl adjacent to an activating group) is 2. The van der Waals surface area contributed by atoms with Crippen molar-refractivity contribution in [3.8, 4) is 0 Å². The molecule has 3 nitrogen and oxygen atoms in total. The zero-order valence-corrected chi connectivity index (χ0v) is 13.2. The van der Waals surface area contributed by atoms with Crippen molar-refractivity contribution in [2.24, 2.45) is 0 Å². The van der Waals surface area contributed by atoms with Crippen molar-refractivity contribution >= 4 is 5.69 Å². The van der Waals surface area contributed by atoms with Crippen molar-refractivity contribution in [3.05, 3.63) is 29.8 Å². The molecule has 0 atom stereocenters. The Hall–Kier alpha value is -1.06. The van der Waals surface area contributed by atoms with Crippen molar-refractivity contribution < 1.29 is 0 Å². The van der Waals surface area contributed by atoms with Crippen LogP contribution in [0.5, 0.6) is 0 Å². The maximum absolute atomic E-state index is 2.46. The van der Waals surface area contributed by atoms with E-state index in [1.165, 1.54) is 11.3 Å². The van der Waals surface area contributed by atoms with Crippen molar-refractivity contribution in [3.63, 3.8) is 0 Å². The largest absolute Gasteiger partial charge is 0.378 e. The Balaban J connectivity index is 2.41. The maximum atomic E-state index is 2.46. The molecule has 0 aliphatic heterocycles. The third-order valence-electron chi connectivity index (χ3n) is 3.60. The first-order chi connectivity index (χ1) is 9.06. The fourth-order valence-corrected chi connectivity index (χ4v) is 2.14. The van der Waals surface area contributed by atoms with Gasteiger partial charge < -0.3 is 14.7 Å². The average Bonchev–Trinajstić information content (AvgIpc) is 2.40. The first-order valence-corrected chi connectivity index (χ1v) is 7.24. The van der Waals surface area contributed by atoms with Gasteiger partial charge in [-0.25, -0.2) is 0 Å². The summed E-state index contributed by atoms with van der Waals surface area (Å²) >= 11 is 0. The number of anilines is 1. The number of hydrogen-bond donors (Lipinski definition) is 0. The summed E-state index contributed by atoms with van der Waals surface area (Å²) in [6.45, 7) is 10.0. The van der Waals surface area contributed by atoms with Gasteiger partial charge in [0.2, 0.25) is 0 Å². The Morgan fingerprint density at radius 3 is 1.89 bits per heavy atom. The molecule has 3 heteroatoms. The highest BCUT2D eigenvalue weighted by atomic mass is 15.2. The summed E-state index contributed by atoms with van der Waals surface area (Å²) in [5, 5.41) is 0. The Morgan fingerprint density at radius 1 is 0.842 bits per heavy atom. The van der Waals surface area contributed by atoms with E-state index in [2.05, 4.69) is 74.0 Å². The summed E-state index contributed by atoms with van der Waals surface area (Å²) in [4.78, 5) is 6.99. The minimum absolute atomic E-state index is 1.02. The van der Waals surface area contributed by atoms with Crippen molar-refractivity contribution in [1.29, 1.82) is 0 Å². The second-order valence-corrected chi connectivity index (χ2v) is 5.33. The molecule has 0 saturated heterocycles. The Labute approximate surface area is 118 Å². The van der Waals surface area contributed by atoms with Gasteiger partial charge in [-0.2, -0.15) is 0 Å². The monoisotopic (exact) mass is 263 g/mol. The molecule has 0 N–H and O–H groups in total. The predicted octanol–water partition coefficient (Wildman–Crippen LogP) is 2.53. The molecule has 1 aromatic rings. The molecule has 0 unspecified atom stereocenters. The molecule has 19 heavy (non-hydrogen) atoms. The first-order valence-electron chi connectivity index (χ1n) is 7.24. The van der Waals surface area contributed by atoms with E-state index >= 15 is 0 Å². The smallest absolute Gasteiger partial charge is 0.0361 e. The van der Waals surface area contributed by atoms with Crippen molar-refractivity contribution in [2.75, 3.05) is 52.2 Å². The molecule has 0 spiro atoms. The average molecular weight is 263 g/mol. The van der Waals surface area contributed by atoms with Gasteiger partial charge in [-0.1, -0.05) is 26.0 Å². The summed E-state index contributed by atoms with van der Waals surface area (Å²) in [5.74, 6) is 0. The maximum Gasteiger partial charge on any atom is 0.0361 e. The van der Waals surface area contributed by atoms with Crippen LogP contribution in [0.25, 0.3) is 0 Å². The minimum Gasteiger partial charge on any atom is -0.378 e. The normalized spacial score (nSPS) is 11.3. The van der Waals surface area contributed by atoms with Gasteiger partial charge >= 0.3 is 0 Å². The van der Waals surface area contributed by atoms with E-state index in [4.69, 9.17) is 0 Å². The standard InChI is InChI=1S/C16H29N3/c1-6-19(7-2)13-12-18(5)14-15-8-10-16(11-9-15)17(3)4/h8-11H,6-7,12-14H2,1-5H3. The molecule has 0 heterocycles. The Morgan fingerprint density at radius 2 is 1.42 bits per heavy atom. The molecule has 0 aliphatic rings. The first kappa shape index (κ1) is 16.0. The van der Waals surface area contributed by atoms with Crippen LogP contribution < -0.4 is 4.90 Å². The van der Waals surface area contributed by atoms with Crippen LogP contribution in [0.1, 0.15) is 19.4 Å². The van der Waals surface area contributed by atoms with Crippen molar-refractivity contribution in [1.82, 2.24) is 9.80 Å². The summed E-state index contributed by atoms with van der Waals surface area (Å²) in [6.07, 6.45) is 0. The highest BCUT2D eigenvalue weighted by molar-refractivity contribution is 5.45. The molecule has 108 valence electrons. The molecule has 0 fully saturated rings. The molecule has 0 radical (unpaired) electrons. The second kappa shape index (κ2) is 8.18. The predicted molar refractivity (Wildman–Crippen MR) is 84.9 cm³/mol. The fraction of sp³-hybridized carbons (Fsp3) is 0.625. The summed E-state index contributed by atoms with van der Waals surface area (Å²) in [6, 6.07) is 8.83. The van der Waals surface area contributed by atoms with Crippen LogP contribution in [0.3, 0.4) is 0 Å². The summed E-state index contributed by atoms with van der Waals surface area (Å²) in [7, 11) is 6.35. The van der Waals surface area contributed by atoms with Gasteiger partial charge in [-0.3, -0.25) is 0 Å². The van der Waals surface area contributed by atoms with Crippen LogP contribution in [-0.2, 0) is 6.54 Å². The molecular formula is C16H29N3. The van der Waals surface area contributed by atoms with Crippen LogP contribution in [0.2, 0.25) is 0 Å². The van der Waals surface area contributed by atoms with Crippen LogP contribution in [0, 0.1) is 0 Å². The molecule has 0 aromatic heterocycles. The van der Waals surface area contributed by atoms with Gasteiger partial charge in [0.1, 0.15) is 0 Å². The van der Waals surface area contributed by atoms with E-state index < -0.39 is 0 Å². The zero-order chi connectivity index (χ0) is 14.3. The molecule has 0 amide bonds. The SMILES string of the molecule is CCN(CC)CCN(C)Cc1ccc(N(C)C)cc1. The molecule has 0 bridgehead atoms. The minimum atomic E-state index is 1.02. The van der Waals surface area contributed by atoms with Crippen molar-refractivity contribution in [2.45, 2.75) is 20.4 Å². The van der Waals surface area contributed by atoms with Crippen LogP contribution in [0.15, 0.2) is 24.3 Å². The van der Waals surface area contributed by atoms with Gasteiger partial charge in [0.05, 0.1) is 0 Å². The molecular weight excluding hydrogens is 234 g/mol. The van der Waals surface area contributed by atoms with Gasteiger partial charge in [0.15, 0.2) is 0 Å². The highest BCUT2D eigenvalue weighted by Crippen LogP contribution is 2.13. The van der Waals surface area contributed by atoms with Crippen LogP contribution >= 0.6 is 0 Å². The lowest BCUT2D eigenvalue weighted by Gasteiger charge is -2.23. The fourth-order valence-electron chi connectivity index (χ4n) is 2.14. The molecule has 0 aliphatic carbocycles. The third kappa shape index (κ3) is 5.62. The zero-order valence-electron chi connectivity index (χ0n) is 13.2. The number of benzene rings is 1. The summed E-state index contributed by atoms with van der Waals surface area (Å²) < 4.78 is 0. The number of hydrogen-bond acceptors (Lipinski definition) is 3. The van der Waals surface area contributed by atoms with Crippen LogP contribution in [-0.4, -0.2) is 57.1 Å². The van der Waals surface area contributed by atoms with E-state index in [1.807, 2.05) is 0 Å². The Kier molecular flexibility index (Phi) is 6.89. The van der Waals surface area contributed by atoms with Gasteiger partial charge in [0, 0.05) is 39.4 Å². The quantitative estimate of drug-likeness (QED) is 0.713. The van der Waals surface area contributed by atoms with E-state index in [0.29, 0.717) is 0 Å². The second-order valence-electron chi connectivity index (χ2n) is 5.33. The number of nitrogens with zero attached hydrogens (tertiary/aromatic N) is 3. The van der Waals surface area contributed by atoms with E-state index in [1.54, 1.807) is 0 Å². The topological polar surface area (TPSA) is 9.72 Å². The van der Waals surface area contributed by atoms with Crippen LogP contribution in [0.4, 0.5) is 5.69 Å². The lowest BCUT2D eigenvalue weighted by atomic mass is 10.2. The highest BCUT2D eigenvalue weighted by Gasteiger charge is 2.04. The van der Waals surface area contributed by atoms with Gasteiger partial charge in [-0.05, 0) is 37.8 Å². The van der Waals surface area contributed by atoms with E-state index in [9.17, 15) is 0 Å².